The van der Waals surface area contributed by atoms with Crippen molar-refractivity contribution in [3.8, 4) is 5.75 Å². The summed E-state index contributed by atoms with van der Waals surface area (Å²) in [4.78, 5) is 11.3. The number of rotatable bonds is 5. The van der Waals surface area contributed by atoms with Gasteiger partial charge in [-0.15, -0.1) is 11.3 Å². The first-order valence-electron chi connectivity index (χ1n) is 5.51. The number of benzene rings is 1. The summed E-state index contributed by atoms with van der Waals surface area (Å²) >= 11 is 1.43. The predicted molar refractivity (Wildman–Crippen MR) is 71.7 cm³/mol. The Labute approximate surface area is 113 Å². The molecule has 0 unspecified atom stereocenters. The normalized spacial score (nSPS) is 10.8. The Hall–Kier alpha value is -2.14. The van der Waals surface area contributed by atoms with Crippen LogP contribution in [0.1, 0.15) is 10.4 Å². The van der Waals surface area contributed by atoms with E-state index in [0.717, 1.165) is 16.5 Å². The van der Waals surface area contributed by atoms with Crippen molar-refractivity contribution in [2.75, 3.05) is 0 Å². The van der Waals surface area contributed by atoms with Gasteiger partial charge < -0.3 is 9.84 Å². The largest absolute Gasteiger partial charge is 0.485 e. The average Bonchev–Trinajstić information content (AvgIpc) is 2.83. The van der Waals surface area contributed by atoms with Crippen molar-refractivity contribution in [1.29, 1.82) is 0 Å². The predicted octanol–water partition coefficient (Wildman–Crippen LogP) is 3.56. The van der Waals surface area contributed by atoms with Crippen LogP contribution in [-0.4, -0.2) is 11.1 Å². The zero-order valence-electron chi connectivity index (χ0n) is 9.88. The summed E-state index contributed by atoms with van der Waals surface area (Å²) in [6.07, 6.45) is 2.58. The van der Waals surface area contributed by atoms with Gasteiger partial charge in [0.1, 0.15) is 6.61 Å². The summed E-state index contributed by atoms with van der Waals surface area (Å²) in [5, 5.41) is 10.3. The van der Waals surface area contributed by atoms with Crippen LogP contribution in [0.3, 0.4) is 0 Å². The number of carboxylic acids is 1. The van der Waals surface area contributed by atoms with Crippen LogP contribution in [-0.2, 0) is 11.4 Å². The summed E-state index contributed by atoms with van der Waals surface area (Å²) in [5.41, 5.74) is 0.791. The fourth-order valence-corrected chi connectivity index (χ4v) is 2.20. The van der Waals surface area contributed by atoms with Crippen molar-refractivity contribution in [3.63, 3.8) is 0 Å². The van der Waals surface area contributed by atoms with E-state index in [4.69, 9.17) is 9.84 Å². The van der Waals surface area contributed by atoms with E-state index >= 15 is 0 Å². The minimum Gasteiger partial charge on any atom is -0.485 e. The maximum atomic E-state index is 13.3. The summed E-state index contributed by atoms with van der Waals surface area (Å²) in [5.74, 6) is -1.18. The first-order valence-corrected chi connectivity index (χ1v) is 6.39. The van der Waals surface area contributed by atoms with Crippen molar-refractivity contribution in [2.45, 2.75) is 6.61 Å². The Morgan fingerprint density at radius 1 is 1.42 bits per heavy atom. The number of carboxylic acid groups (broad SMARTS) is 1. The molecule has 0 atom stereocenters. The van der Waals surface area contributed by atoms with E-state index in [0.29, 0.717) is 0 Å². The number of hydrogen-bond donors (Lipinski definition) is 1. The number of carbonyl (C=O) groups is 1. The van der Waals surface area contributed by atoms with Crippen molar-refractivity contribution < 1.29 is 19.0 Å². The van der Waals surface area contributed by atoms with Gasteiger partial charge >= 0.3 is 5.97 Å². The number of ether oxygens (including phenoxy) is 1. The molecular formula is C14H11FO3S. The van der Waals surface area contributed by atoms with Crippen LogP contribution < -0.4 is 4.74 Å². The quantitative estimate of drug-likeness (QED) is 0.850. The molecule has 0 bridgehead atoms. The van der Waals surface area contributed by atoms with E-state index in [1.807, 2.05) is 11.4 Å². The second-order valence-electron chi connectivity index (χ2n) is 3.74. The zero-order valence-corrected chi connectivity index (χ0v) is 10.7. The lowest BCUT2D eigenvalue weighted by molar-refractivity contribution is -0.131. The Bertz CT molecular complexity index is 604. The molecule has 0 saturated heterocycles. The molecule has 2 rings (SSSR count). The zero-order chi connectivity index (χ0) is 13.7. The summed E-state index contributed by atoms with van der Waals surface area (Å²) in [7, 11) is 0. The molecule has 19 heavy (non-hydrogen) atoms. The molecule has 0 aliphatic heterocycles. The third-order valence-electron chi connectivity index (χ3n) is 2.30. The molecule has 0 spiro atoms. The number of aliphatic carboxylic acids is 1. The summed E-state index contributed by atoms with van der Waals surface area (Å²) in [6.45, 7) is 0.256. The summed E-state index contributed by atoms with van der Waals surface area (Å²) < 4.78 is 18.7. The fraction of sp³-hybridized carbons (Fsp3) is 0.0714. The first-order chi connectivity index (χ1) is 9.15. The molecule has 1 aromatic heterocycles. The van der Waals surface area contributed by atoms with Gasteiger partial charge in [-0.2, -0.15) is 0 Å². The van der Waals surface area contributed by atoms with Gasteiger partial charge in [-0.25, -0.2) is 9.18 Å². The Kier molecular flexibility index (Phi) is 4.30. The molecule has 0 radical (unpaired) electrons. The molecule has 0 fully saturated rings. The third-order valence-corrected chi connectivity index (χ3v) is 3.23. The minimum atomic E-state index is -0.990. The molecule has 98 valence electrons. The van der Waals surface area contributed by atoms with Gasteiger partial charge in [-0.05, 0) is 35.2 Å². The molecule has 1 aromatic carbocycles. The Morgan fingerprint density at radius 3 is 2.95 bits per heavy atom. The van der Waals surface area contributed by atoms with Crippen LogP contribution >= 0.6 is 11.3 Å². The smallest absolute Gasteiger partial charge is 0.328 e. The van der Waals surface area contributed by atoms with Crippen LogP contribution in [0.15, 0.2) is 41.8 Å². The fourth-order valence-electron chi connectivity index (χ4n) is 1.44. The Balaban J connectivity index is 1.97. The van der Waals surface area contributed by atoms with Gasteiger partial charge in [0.25, 0.3) is 0 Å². The molecular weight excluding hydrogens is 267 g/mol. The highest BCUT2D eigenvalue weighted by Crippen LogP contribution is 2.21. The highest BCUT2D eigenvalue weighted by molar-refractivity contribution is 7.10. The third kappa shape index (κ3) is 3.93. The van der Waals surface area contributed by atoms with Crippen LogP contribution in [0.4, 0.5) is 4.39 Å². The van der Waals surface area contributed by atoms with E-state index in [1.165, 1.54) is 23.5 Å². The highest BCUT2D eigenvalue weighted by atomic mass is 32.1. The number of hydrogen-bond acceptors (Lipinski definition) is 3. The van der Waals surface area contributed by atoms with E-state index in [1.54, 1.807) is 18.2 Å². The van der Waals surface area contributed by atoms with Crippen LogP contribution in [0.2, 0.25) is 0 Å². The number of thiophene rings is 1. The van der Waals surface area contributed by atoms with Gasteiger partial charge in [-0.1, -0.05) is 12.1 Å². The molecule has 1 heterocycles. The summed E-state index contributed by atoms with van der Waals surface area (Å²) in [6, 6.07) is 8.01. The molecule has 0 aliphatic carbocycles. The van der Waals surface area contributed by atoms with E-state index < -0.39 is 11.8 Å². The van der Waals surface area contributed by atoms with Gasteiger partial charge in [0.15, 0.2) is 11.6 Å². The maximum Gasteiger partial charge on any atom is 0.328 e. The first kappa shape index (κ1) is 13.3. The maximum absolute atomic E-state index is 13.3. The SMILES string of the molecule is O=C(O)C=Cc1csc(COc2ccccc2F)c1. The van der Waals surface area contributed by atoms with Crippen molar-refractivity contribution in [3.05, 3.63) is 58.0 Å². The lowest BCUT2D eigenvalue weighted by atomic mass is 10.3. The second kappa shape index (κ2) is 6.15. The minimum absolute atomic E-state index is 0.207. The monoisotopic (exact) mass is 278 g/mol. The Morgan fingerprint density at radius 2 is 2.21 bits per heavy atom. The second-order valence-corrected chi connectivity index (χ2v) is 4.73. The van der Waals surface area contributed by atoms with Gasteiger partial charge in [0, 0.05) is 11.0 Å². The molecule has 2 aromatic rings. The van der Waals surface area contributed by atoms with Gasteiger partial charge in [0.05, 0.1) is 0 Å². The topological polar surface area (TPSA) is 46.5 Å². The lowest BCUT2D eigenvalue weighted by Gasteiger charge is -2.04. The molecule has 0 aliphatic rings. The molecule has 1 N–H and O–H groups in total. The molecule has 5 heteroatoms. The molecule has 0 amide bonds. The van der Waals surface area contributed by atoms with Crippen molar-refractivity contribution in [2.24, 2.45) is 0 Å². The van der Waals surface area contributed by atoms with Crippen molar-refractivity contribution >= 4 is 23.4 Å². The van der Waals surface area contributed by atoms with E-state index in [-0.39, 0.29) is 12.4 Å². The standard InChI is InChI=1S/C14H11FO3S/c15-12-3-1-2-4-13(12)18-8-11-7-10(9-19-11)5-6-14(16)17/h1-7,9H,8H2,(H,16,17). The van der Waals surface area contributed by atoms with Crippen molar-refractivity contribution in [1.82, 2.24) is 0 Å². The molecule has 0 saturated carbocycles. The van der Waals surface area contributed by atoms with Gasteiger partial charge in [0.2, 0.25) is 0 Å². The van der Waals surface area contributed by atoms with E-state index in [2.05, 4.69) is 0 Å². The van der Waals surface area contributed by atoms with Crippen LogP contribution in [0, 0.1) is 5.82 Å². The highest BCUT2D eigenvalue weighted by Gasteiger charge is 2.03. The van der Waals surface area contributed by atoms with Crippen LogP contribution in [0.25, 0.3) is 6.08 Å². The van der Waals surface area contributed by atoms with E-state index in [9.17, 15) is 9.18 Å². The number of para-hydroxylation sites is 1. The van der Waals surface area contributed by atoms with Crippen LogP contribution in [0.5, 0.6) is 5.75 Å². The average molecular weight is 278 g/mol. The lowest BCUT2D eigenvalue weighted by Crippen LogP contribution is -1.94. The van der Waals surface area contributed by atoms with Gasteiger partial charge in [-0.3, -0.25) is 0 Å². The number of halogens is 1. The molecule has 3 nitrogen and oxygen atoms in total.